The average Bonchev–Trinajstić information content (AvgIpc) is 1.80. The number of rotatable bonds is 0. The van der Waals surface area contributed by atoms with Crippen LogP contribution in [-0.4, -0.2) is 17.3 Å². The Labute approximate surface area is 56.1 Å². The van der Waals surface area contributed by atoms with Crippen molar-refractivity contribution in [3.05, 3.63) is 0 Å². The maximum Gasteiger partial charge on any atom is 0.0566 e. The first-order valence-corrected chi connectivity index (χ1v) is 3.64. The summed E-state index contributed by atoms with van der Waals surface area (Å²) in [6.07, 6.45) is 2.78. The van der Waals surface area contributed by atoms with Gasteiger partial charge in [0.1, 0.15) is 0 Å². The Bertz CT molecular complexity index is 94.9. The van der Waals surface area contributed by atoms with E-state index in [0.29, 0.717) is 12.0 Å². The van der Waals surface area contributed by atoms with Gasteiger partial charge < -0.3 is 10.8 Å². The summed E-state index contributed by atoms with van der Waals surface area (Å²) in [7, 11) is 0. The molecule has 0 aromatic carbocycles. The Morgan fingerprint density at radius 2 is 2.11 bits per heavy atom. The number of nitrogens with two attached hydrogens (primary N) is 1. The lowest BCUT2D eigenvalue weighted by atomic mass is 9.85. The van der Waals surface area contributed by atoms with Crippen LogP contribution in [0.25, 0.3) is 0 Å². The Hall–Kier alpha value is -0.0800. The van der Waals surface area contributed by atoms with E-state index < -0.39 is 0 Å². The van der Waals surface area contributed by atoms with Crippen LogP contribution in [0.2, 0.25) is 0 Å². The molecule has 0 radical (unpaired) electrons. The van der Waals surface area contributed by atoms with Gasteiger partial charge in [-0.25, -0.2) is 0 Å². The second-order valence-electron chi connectivity index (χ2n) is 3.12. The van der Waals surface area contributed by atoms with Gasteiger partial charge in [-0.2, -0.15) is 0 Å². The SMILES string of the molecule is C[C@H]1C[C@@H](N)CC[C@H]1O. The van der Waals surface area contributed by atoms with Crippen LogP contribution in [0, 0.1) is 5.92 Å². The van der Waals surface area contributed by atoms with Gasteiger partial charge in [-0.05, 0) is 25.2 Å². The fourth-order valence-corrected chi connectivity index (χ4v) is 1.42. The second-order valence-corrected chi connectivity index (χ2v) is 3.12. The molecule has 54 valence electrons. The molecule has 0 saturated heterocycles. The lowest BCUT2D eigenvalue weighted by Gasteiger charge is -2.28. The van der Waals surface area contributed by atoms with Gasteiger partial charge in [0, 0.05) is 6.04 Å². The molecule has 2 nitrogen and oxygen atoms in total. The zero-order valence-corrected chi connectivity index (χ0v) is 5.88. The highest BCUT2D eigenvalue weighted by atomic mass is 16.3. The van der Waals surface area contributed by atoms with Crippen LogP contribution >= 0.6 is 0 Å². The van der Waals surface area contributed by atoms with Gasteiger partial charge in [0.2, 0.25) is 0 Å². The van der Waals surface area contributed by atoms with Crippen LogP contribution in [-0.2, 0) is 0 Å². The van der Waals surface area contributed by atoms with Crippen LogP contribution in [0.4, 0.5) is 0 Å². The normalized spacial score (nSPS) is 45.0. The fraction of sp³-hybridized carbons (Fsp3) is 1.00. The zero-order chi connectivity index (χ0) is 6.85. The van der Waals surface area contributed by atoms with Crippen molar-refractivity contribution in [1.29, 1.82) is 0 Å². The molecule has 0 spiro atoms. The molecule has 0 aromatic heterocycles. The summed E-state index contributed by atoms with van der Waals surface area (Å²) < 4.78 is 0. The maximum absolute atomic E-state index is 9.24. The number of aliphatic hydroxyl groups excluding tert-OH is 1. The minimum atomic E-state index is -0.0928. The predicted molar refractivity (Wildman–Crippen MR) is 37.0 cm³/mol. The van der Waals surface area contributed by atoms with Crippen molar-refractivity contribution in [2.24, 2.45) is 11.7 Å². The lowest BCUT2D eigenvalue weighted by Crippen LogP contribution is -2.34. The molecule has 1 fully saturated rings. The molecular formula is C7H15NO. The third kappa shape index (κ3) is 1.66. The van der Waals surface area contributed by atoms with Crippen molar-refractivity contribution in [2.45, 2.75) is 38.3 Å². The first kappa shape index (κ1) is 7.03. The van der Waals surface area contributed by atoms with Gasteiger partial charge in [-0.1, -0.05) is 6.92 Å². The Kier molecular flexibility index (Phi) is 2.09. The van der Waals surface area contributed by atoms with E-state index in [-0.39, 0.29) is 6.10 Å². The number of aliphatic hydroxyl groups is 1. The molecule has 0 bridgehead atoms. The van der Waals surface area contributed by atoms with E-state index in [1.54, 1.807) is 0 Å². The van der Waals surface area contributed by atoms with Crippen molar-refractivity contribution in [3.63, 3.8) is 0 Å². The van der Waals surface area contributed by atoms with Crippen LogP contribution in [0.3, 0.4) is 0 Å². The monoisotopic (exact) mass is 129 g/mol. The van der Waals surface area contributed by atoms with Crippen molar-refractivity contribution in [1.82, 2.24) is 0 Å². The van der Waals surface area contributed by atoms with E-state index in [0.717, 1.165) is 19.3 Å². The van der Waals surface area contributed by atoms with Gasteiger partial charge >= 0.3 is 0 Å². The van der Waals surface area contributed by atoms with Crippen LogP contribution in [0.5, 0.6) is 0 Å². The molecule has 1 aliphatic carbocycles. The van der Waals surface area contributed by atoms with Crippen LogP contribution < -0.4 is 5.73 Å². The Morgan fingerprint density at radius 3 is 2.56 bits per heavy atom. The van der Waals surface area contributed by atoms with Crippen LogP contribution in [0.15, 0.2) is 0 Å². The molecule has 9 heavy (non-hydrogen) atoms. The molecule has 0 aliphatic heterocycles. The van der Waals surface area contributed by atoms with E-state index in [1.807, 2.05) is 0 Å². The second kappa shape index (κ2) is 2.67. The van der Waals surface area contributed by atoms with Crippen molar-refractivity contribution < 1.29 is 5.11 Å². The highest BCUT2D eigenvalue weighted by Crippen LogP contribution is 2.22. The van der Waals surface area contributed by atoms with Gasteiger partial charge in [-0.3, -0.25) is 0 Å². The predicted octanol–water partition coefficient (Wildman–Crippen LogP) is 0.495. The fourth-order valence-electron chi connectivity index (χ4n) is 1.42. The summed E-state index contributed by atoms with van der Waals surface area (Å²) >= 11 is 0. The first-order valence-electron chi connectivity index (χ1n) is 3.64. The van der Waals surface area contributed by atoms with Gasteiger partial charge in [0.25, 0.3) is 0 Å². The minimum Gasteiger partial charge on any atom is -0.393 e. The van der Waals surface area contributed by atoms with E-state index in [4.69, 9.17) is 5.73 Å². The first-order chi connectivity index (χ1) is 4.20. The molecule has 0 unspecified atom stereocenters. The average molecular weight is 129 g/mol. The van der Waals surface area contributed by atoms with Crippen molar-refractivity contribution >= 4 is 0 Å². The van der Waals surface area contributed by atoms with E-state index >= 15 is 0 Å². The molecule has 2 heteroatoms. The molecule has 3 atom stereocenters. The largest absolute Gasteiger partial charge is 0.393 e. The summed E-state index contributed by atoms with van der Waals surface area (Å²) in [6.45, 7) is 2.06. The topological polar surface area (TPSA) is 46.2 Å². The third-order valence-electron chi connectivity index (χ3n) is 2.16. The standard InChI is InChI=1S/C7H15NO/c1-5-4-6(8)2-3-7(5)9/h5-7,9H,2-4,8H2,1H3/t5-,6-,7+/m0/s1. The van der Waals surface area contributed by atoms with E-state index in [1.165, 1.54) is 0 Å². The molecule has 0 amide bonds. The summed E-state index contributed by atoms with van der Waals surface area (Å²) in [4.78, 5) is 0. The molecule has 1 rings (SSSR count). The lowest BCUT2D eigenvalue weighted by molar-refractivity contribution is 0.0721. The van der Waals surface area contributed by atoms with E-state index in [2.05, 4.69) is 6.92 Å². The molecule has 1 saturated carbocycles. The summed E-state index contributed by atoms with van der Waals surface area (Å²) in [5, 5.41) is 9.24. The van der Waals surface area contributed by atoms with Crippen LogP contribution in [0.1, 0.15) is 26.2 Å². The molecule has 3 N–H and O–H groups in total. The highest BCUT2D eigenvalue weighted by Gasteiger charge is 2.22. The van der Waals surface area contributed by atoms with Gasteiger partial charge in [-0.15, -0.1) is 0 Å². The summed E-state index contributed by atoms with van der Waals surface area (Å²) in [6, 6.07) is 0.336. The number of hydrogen-bond donors (Lipinski definition) is 2. The zero-order valence-electron chi connectivity index (χ0n) is 5.88. The van der Waals surface area contributed by atoms with Crippen molar-refractivity contribution in [3.8, 4) is 0 Å². The summed E-state index contributed by atoms with van der Waals surface area (Å²) in [5.74, 6) is 0.411. The van der Waals surface area contributed by atoms with Gasteiger partial charge in [0.05, 0.1) is 6.10 Å². The third-order valence-corrected chi connectivity index (χ3v) is 2.16. The highest BCUT2D eigenvalue weighted by molar-refractivity contribution is 4.78. The maximum atomic E-state index is 9.24. The minimum absolute atomic E-state index is 0.0928. The molecular weight excluding hydrogens is 114 g/mol. The number of hydrogen-bond acceptors (Lipinski definition) is 2. The Morgan fingerprint density at radius 1 is 1.44 bits per heavy atom. The molecule has 0 heterocycles. The van der Waals surface area contributed by atoms with Crippen molar-refractivity contribution in [2.75, 3.05) is 0 Å². The summed E-state index contributed by atoms with van der Waals surface area (Å²) in [5.41, 5.74) is 5.68. The van der Waals surface area contributed by atoms with E-state index in [9.17, 15) is 5.11 Å². The quantitative estimate of drug-likeness (QED) is 0.500. The Balaban J connectivity index is 2.35. The molecule has 0 aromatic rings. The smallest absolute Gasteiger partial charge is 0.0566 e. The molecule has 1 aliphatic rings. The van der Waals surface area contributed by atoms with Gasteiger partial charge in [0.15, 0.2) is 0 Å².